The number of fused-ring (bicyclic) bond motifs is 1. The average molecular weight is 542 g/mol. The van der Waals surface area contributed by atoms with E-state index in [1.54, 1.807) is 31.4 Å². The first-order chi connectivity index (χ1) is 18.2. The monoisotopic (exact) mass is 541 g/mol. The van der Waals surface area contributed by atoms with E-state index in [0.717, 1.165) is 5.13 Å². The normalized spacial score (nSPS) is 17.8. The number of nitrogens with one attached hydrogen (secondary N) is 3. The number of benzene rings is 1. The molecule has 4 N–H and O–H groups in total. The summed E-state index contributed by atoms with van der Waals surface area (Å²) in [6, 6.07) is 6.46. The Kier molecular flexibility index (Phi) is 8.42. The zero-order valence-corrected chi connectivity index (χ0v) is 22.4. The summed E-state index contributed by atoms with van der Waals surface area (Å²) in [6.07, 6.45) is -1.15. The van der Waals surface area contributed by atoms with Crippen molar-refractivity contribution < 1.29 is 29.0 Å². The van der Waals surface area contributed by atoms with Gasteiger partial charge in [0.15, 0.2) is 11.2 Å². The van der Waals surface area contributed by atoms with Crippen molar-refractivity contribution in [2.24, 2.45) is 5.92 Å². The van der Waals surface area contributed by atoms with E-state index in [9.17, 15) is 19.5 Å². The number of hydrogen-bond donors (Lipinski definition) is 4. The molecule has 0 spiro atoms. The van der Waals surface area contributed by atoms with Gasteiger partial charge in [-0.15, -0.1) is 11.3 Å². The molecule has 1 aliphatic heterocycles. The number of ether oxygens (including phenoxy) is 2. The SMILES string of the molecule is CNC(=O)C(CC(=O)[C@H]1CN[C@H](C(=O)O)C1)Oc1cc(-c2csc(NC(C)C)n2)nc2cc(OC)ccc12. The van der Waals surface area contributed by atoms with Gasteiger partial charge in [0.2, 0.25) is 0 Å². The topological polar surface area (TPSA) is 152 Å². The quantitative estimate of drug-likeness (QED) is 0.285. The van der Waals surface area contributed by atoms with Crippen LogP contribution >= 0.6 is 11.3 Å². The van der Waals surface area contributed by atoms with Crippen LogP contribution in [-0.2, 0) is 14.4 Å². The number of carbonyl (C=O) groups excluding carboxylic acids is 2. The Morgan fingerprint density at radius 2 is 2.00 bits per heavy atom. The molecule has 1 saturated heterocycles. The van der Waals surface area contributed by atoms with E-state index in [0.29, 0.717) is 33.8 Å². The summed E-state index contributed by atoms with van der Waals surface area (Å²) in [4.78, 5) is 46.5. The number of aliphatic carboxylic acids is 1. The molecule has 1 unspecified atom stereocenters. The van der Waals surface area contributed by atoms with Crippen LogP contribution in [0.25, 0.3) is 22.3 Å². The first kappa shape index (κ1) is 27.3. The van der Waals surface area contributed by atoms with Gasteiger partial charge >= 0.3 is 5.97 Å². The number of carboxylic acid groups (broad SMARTS) is 1. The van der Waals surface area contributed by atoms with Crippen molar-refractivity contribution in [1.29, 1.82) is 0 Å². The highest BCUT2D eigenvalue weighted by Crippen LogP contribution is 2.34. The molecule has 11 nitrogen and oxygen atoms in total. The Bertz CT molecular complexity index is 1340. The zero-order valence-electron chi connectivity index (χ0n) is 21.6. The van der Waals surface area contributed by atoms with Gasteiger partial charge in [-0.3, -0.25) is 14.4 Å². The third kappa shape index (κ3) is 6.20. The molecule has 1 fully saturated rings. The fraction of sp³-hybridized carbons (Fsp3) is 0.423. The lowest BCUT2D eigenvalue weighted by Gasteiger charge is -2.20. The van der Waals surface area contributed by atoms with E-state index in [4.69, 9.17) is 14.5 Å². The second-order valence-corrected chi connectivity index (χ2v) is 10.2. The molecule has 2 aromatic heterocycles. The Morgan fingerprint density at radius 1 is 1.21 bits per heavy atom. The summed E-state index contributed by atoms with van der Waals surface area (Å²) in [6.45, 7) is 4.30. The van der Waals surface area contributed by atoms with Crippen molar-refractivity contribution in [3.63, 3.8) is 0 Å². The Labute approximate surface area is 224 Å². The number of amides is 1. The fourth-order valence-corrected chi connectivity index (χ4v) is 5.11. The van der Waals surface area contributed by atoms with Gasteiger partial charge in [0.05, 0.1) is 24.7 Å². The van der Waals surface area contributed by atoms with Crippen LogP contribution in [-0.4, -0.2) is 71.6 Å². The largest absolute Gasteiger partial charge is 0.497 e. The minimum atomic E-state index is -1.12. The van der Waals surface area contributed by atoms with Gasteiger partial charge in [-0.25, -0.2) is 9.97 Å². The van der Waals surface area contributed by atoms with Gasteiger partial charge in [-0.2, -0.15) is 0 Å². The third-order valence-corrected chi connectivity index (χ3v) is 7.01. The van der Waals surface area contributed by atoms with Crippen LogP contribution in [0.5, 0.6) is 11.5 Å². The number of rotatable bonds is 11. The number of carbonyl (C=O) groups is 3. The highest BCUT2D eigenvalue weighted by Gasteiger charge is 2.35. The number of aromatic nitrogens is 2. The summed E-state index contributed by atoms with van der Waals surface area (Å²) in [5.41, 5.74) is 1.76. The molecule has 1 aliphatic rings. The number of nitrogens with zero attached hydrogens (tertiary/aromatic N) is 2. The third-order valence-electron chi connectivity index (χ3n) is 6.24. The molecule has 3 atom stereocenters. The van der Waals surface area contributed by atoms with E-state index in [2.05, 4.69) is 20.9 Å². The van der Waals surface area contributed by atoms with Gasteiger partial charge in [-0.05, 0) is 32.4 Å². The van der Waals surface area contributed by atoms with E-state index in [1.165, 1.54) is 18.4 Å². The van der Waals surface area contributed by atoms with Crippen molar-refractivity contribution >= 4 is 45.0 Å². The molecule has 1 amide bonds. The number of ketones is 1. The lowest BCUT2D eigenvalue weighted by molar-refractivity contribution is -0.139. The Morgan fingerprint density at radius 3 is 2.66 bits per heavy atom. The van der Waals surface area contributed by atoms with Crippen molar-refractivity contribution in [3.8, 4) is 22.9 Å². The molecule has 12 heteroatoms. The summed E-state index contributed by atoms with van der Waals surface area (Å²) in [5, 5.41) is 21.2. The molecule has 0 aliphatic carbocycles. The van der Waals surface area contributed by atoms with Crippen LogP contribution in [0.15, 0.2) is 29.6 Å². The van der Waals surface area contributed by atoms with Crippen molar-refractivity contribution in [3.05, 3.63) is 29.6 Å². The molecular formula is C26H31N5O6S. The molecule has 3 aromatic rings. The number of carboxylic acids is 1. The number of Topliss-reactive ketones (excluding diaryl/α,β-unsaturated/α-hetero) is 1. The molecule has 0 radical (unpaired) electrons. The van der Waals surface area contributed by atoms with Gasteiger partial charge in [0, 0.05) is 48.5 Å². The number of thiazole rings is 1. The van der Waals surface area contributed by atoms with Gasteiger partial charge in [0.25, 0.3) is 5.91 Å². The first-order valence-corrected chi connectivity index (χ1v) is 13.1. The lowest BCUT2D eigenvalue weighted by atomic mass is 9.96. The maximum atomic E-state index is 13.0. The van der Waals surface area contributed by atoms with E-state index in [-0.39, 0.29) is 31.2 Å². The minimum absolute atomic E-state index is 0.174. The van der Waals surface area contributed by atoms with Crippen LogP contribution < -0.4 is 25.4 Å². The second kappa shape index (κ2) is 11.7. The number of likely N-dealkylation sites (N-methyl/N-ethyl adjacent to an activating group) is 1. The summed E-state index contributed by atoms with van der Waals surface area (Å²) in [7, 11) is 3.03. The number of methoxy groups -OCH3 is 1. The molecule has 4 rings (SSSR count). The average Bonchev–Trinajstić information content (AvgIpc) is 3.57. The second-order valence-electron chi connectivity index (χ2n) is 9.35. The number of pyridine rings is 1. The van der Waals surface area contributed by atoms with E-state index >= 15 is 0 Å². The molecular weight excluding hydrogens is 510 g/mol. The summed E-state index contributed by atoms with van der Waals surface area (Å²) < 4.78 is 11.6. The van der Waals surface area contributed by atoms with Crippen LogP contribution in [0.3, 0.4) is 0 Å². The van der Waals surface area contributed by atoms with Crippen LogP contribution in [0, 0.1) is 5.92 Å². The highest BCUT2D eigenvalue weighted by molar-refractivity contribution is 7.14. The van der Waals surface area contributed by atoms with E-state index in [1.807, 2.05) is 19.2 Å². The Balaban J connectivity index is 1.66. The summed E-state index contributed by atoms with van der Waals surface area (Å²) >= 11 is 1.45. The van der Waals surface area contributed by atoms with Crippen LogP contribution in [0.1, 0.15) is 26.7 Å². The van der Waals surface area contributed by atoms with Crippen molar-refractivity contribution in [2.45, 2.75) is 44.9 Å². The maximum absolute atomic E-state index is 13.0. The van der Waals surface area contributed by atoms with Crippen molar-refractivity contribution in [2.75, 3.05) is 26.0 Å². The standard InChI is InChI=1S/C26H31N5O6S/c1-13(2)29-26-31-20(12-38-26)18-9-22(16-6-5-15(36-4)8-17(16)30-18)37-23(24(33)27-3)10-21(32)14-7-19(25(34)35)28-11-14/h5-6,8-9,12-14,19,23,28H,7,10-11H2,1-4H3,(H,27,33)(H,29,31)(H,34,35)/t14-,19+,23?/m1/s1. The highest BCUT2D eigenvalue weighted by atomic mass is 32.1. The Hall–Kier alpha value is -3.77. The number of hydrogen-bond acceptors (Lipinski definition) is 10. The molecule has 0 bridgehead atoms. The number of anilines is 1. The van der Waals surface area contributed by atoms with Gasteiger partial charge < -0.3 is 30.5 Å². The fourth-order valence-electron chi connectivity index (χ4n) is 4.26. The maximum Gasteiger partial charge on any atom is 0.320 e. The van der Waals surface area contributed by atoms with E-state index < -0.39 is 29.9 Å². The van der Waals surface area contributed by atoms with Gasteiger partial charge in [-0.1, -0.05) is 0 Å². The lowest BCUT2D eigenvalue weighted by Crippen LogP contribution is -2.39. The molecule has 3 heterocycles. The zero-order chi connectivity index (χ0) is 27.4. The predicted molar refractivity (Wildman–Crippen MR) is 144 cm³/mol. The summed E-state index contributed by atoms with van der Waals surface area (Å²) in [5.74, 6) is -1.24. The molecule has 0 saturated carbocycles. The van der Waals surface area contributed by atoms with Crippen molar-refractivity contribution in [1.82, 2.24) is 20.6 Å². The first-order valence-electron chi connectivity index (χ1n) is 12.3. The van der Waals surface area contributed by atoms with Crippen LogP contribution in [0.2, 0.25) is 0 Å². The van der Waals surface area contributed by atoms with Gasteiger partial charge in [0.1, 0.15) is 29.0 Å². The molecule has 38 heavy (non-hydrogen) atoms. The molecule has 1 aromatic carbocycles. The smallest absolute Gasteiger partial charge is 0.320 e. The predicted octanol–water partition coefficient (Wildman–Crippen LogP) is 2.70. The molecule has 202 valence electrons. The van der Waals surface area contributed by atoms with Crippen LogP contribution in [0.4, 0.5) is 5.13 Å². The minimum Gasteiger partial charge on any atom is -0.497 e.